The fraction of sp³-hybridized carbons (Fsp3) is 0.526. The van der Waals surface area contributed by atoms with Gasteiger partial charge in [0.25, 0.3) is 5.22 Å². The molecule has 0 spiro atoms. The van der Waals surface area contributed by atoms with E-state index in [1.165, 1.54) is 11.8 Å². The van der Waals surface area contributed by atoms with Gasteiger partial charge in [-0.2, -0.15) is 0 Å². The lowest BCUT2D eigenvalue weighted by atomic mass is 9.99. The topological polar surface area (TPSA) is 77.2 Å². The Morgan fingerprint density at radius 3 is 2.61 bits per heavy atom. The molecular weight excluding hydrogens is 421 g/mol. The number of nitrogens with zero attached hydrogens (tertiary/aromatic N) is 2. The summed E-state index contributed by atoms with van der Waals surface area (Å²) in [6.07, 6.45) is 0.315. The minimum Gasteiger partial charge on any atom is -0.444 e. The molecule has 0 unspecified atom stereocenters. The Morgan fingerprint density at radius 2 is 2.00 bits per heavy atom. The third kappa shape index (κ3) is 6.87. The number of nitrogens with one attached hydrogen (secondary N) is 1. The van der Waals surface area contributed by atoms with Crippen LogP contribution in [0.1, 0.15) is 58.5 Å². The molecular formula is C19H25Cl2N3O3S. The highest BCUT2D eigenvalue weighted by Gasteiger charge is 2.28. The molecule has 2 aromatic rings. The molecule has 1 aromatic carbocycles. The maximum atomic E-state index is 12.2. The molecule has 1 heterocycles. The van der Waals surface area contributed by atoms with E-state index >= 15 is 0 Å². The Kier molecular flexibility index (Phi) is 8.04. The lowest BCUT2D eigenvalue weighted by Crippen LogP contribution is -2.37. The summed E-state index contributed by atoms with van der Waals surface area (Å²) in [5.41, 5.74) is 0.407. The molecule has 0 bridgehead atoms. The van der Waals surface area contributed by atoms with Gasteiger partial charge < -0.3 is 14.5 Å². The van der Waals surface area contributed by atoms with Crippen molar-refractivity contribution in [1.29, 1.82) is 0 Å². The van der Waals surface area contributed by atoms with E-state index in [-0.39, 0.29) is 5.92 Å². The van der Waals surface area contributed by atoms with Crippen molar-refractivity contribution in [2.24, 2.45) is 5.92 Å². The molecule has 2 atom stereocenters. The smallest absolute Gasteiger partial charge is 0.408 e. The minimum absolute atomic E-state index is 0.0980. The van der Waals surface area contributed by atoms with Crippen LogP contribution in [-0.2, 0) is 10.5 Å². The van der Waals surface area contributed by atoms with Gasteiger partial charge in [-0.3, -0.25) is 0 Å². The predicted molar refractivity (Wildman–Crippen MR) is 112 cm³/mol. The normalized spacial score (nSPS) is 13.8. The first kappa shape index (κ1) is 22.8. The van der Waals surface area contributed by atoms with E-state index in [9.17, 15) is 4.79 Å². The molecule has 0 radical (unpaired) electrons. The summed E-state index contributed by atoms with van der Waals surface area (Å²) in [6.45, 7) is 9.49. The van der Waals surface area contributed by atoms with E-state index in [1.54, 1.807) is 12.1 Å². The molecule has 154 valence electrons. The summed E-state index contributed by atoms with van der Waals surface area (Å²) in [7, 11) is 0. The summed E-state index contributed by atoms with van der Waals surface area (Å²) in [6, 6.07) is 5.03. The molecule has 6 nitrogen and oxygen atoms in total. The van der Waals surface area contributed by atoms with Gasteiger partial charge in [0.15, 0.2) is 0 Å². The number of rotatable bonds is 7. The number of benzene rings is 1. The summed E-state index contributed by atoms with van der Waals surface area (Å²) in [5.74, 6) is 1.06. The second kappa shape index (κ2) is 9.85. The Hall–Kier alpha value is -1.44. The highest BCUT2D eigenvalue weighted by molar-refractivity contribution is 7.98. The number of hydrogen-bond acceptors (Lipinski definition) is 6. The molecule has 2 rings (SSSR count). The zero-order chi connectivity index (χ0) is 20.9. The van der Waals surface area contributed by atoms with Crippen LogP contribution in [0.25, 0.3) is 0 Å². The van der Waals surface area contributed by atoms with Gasteiger partial charge >= 0.3 is 6.09 Å². The highest BCUT2D eigenvalue weighted by atomic mass is 35.5. The van der Waals surface area contributed by atoms with Crippen LogP contribution in [0.4, 0.5) is 4.79 Å². The first-order chi connectivity index (χ1) is 13.1. The molecule has 1 aromatic heterocycles. The van der Waals surface area contributed by atoms with Gasteiger partial charge in [0.2, 0.25) is 5.89 Å². The van der Waals surface area contributed by atoms with Crippen LogP contribution in [0.5, 0.6) is 0 Å². The SMILES string of the molecule is CC[C@H](C)[C@H](NC(=O)OC(C)(C)C)c1nnc(SCc2ccc(Cl)c(Cl)c2)o1. The van der Waals surface area contributed by atoms with Gasteiger partial charge in [-0.15, -0.1) is 10.2 Å². The van der Waals surface area contributed by atoms with Crippen molar-refractivity contribution in [3.8, 4) is 0 Å². The van der Waals surface area contributed by atoms with E-state index in [0.717, 1.165) is 12.0 Å². The summed E-state index contributed by atoms with van der Waals surface area (Å²) < 4.78 is 11.1. The number of alkyl carbamates (subject to hydrolysis) is 1. The first-order valence-electron chi connectivity index (χ1n) is 8.98. The summed E-state index contributed by atoms with van der Waals surface area (Å²) >= 11 is 13.4. The van der Waals surface area contributed by atoms with Crippen LogP contribution in [-0.4, -0.2) is 21.9 Å². The number of carbonyl (C=O) groups is 1. The van der Waals surface area contributed by atoms with Crippen molar-refractivity contribution < 1.29 is 13.9 Å². The van der Waals surface area contributed by atoms with Crippen molar-refractivity contribution >= 4 is 41.1 Å². The van der Waals surface area contributed by atoms with Crippen molar-refractivity contribution in [1.82, 2.24) is 15.5 Å². The zero-order valence-corrected chi connectivity index (χ0v) is 18.9. The van der Waals surface area contributed by atoms with Crippen LogP contribution in [0, 0.1) is 5.92 Å². The van der Waals surface area contributed by atoms with Gasteiger partial charge in [-0.25, -0.2) is 4.79 Å². The Morgan fingerprint density at radius 1 is 1.29 bits per heavy atom. The van der Waals surface area contributed by atoms with Crippen molar-refractivity contribution in [3.63, 3.8) is 0 Å². The van der Waals surface area contributed by atoms with Gasteiger partial charge in [-0.1, -0.05) is 61.3 Å². The molecule has 0 saturated carbocycles. The average molecular weight is 446 g/mol. The minimum atomic E-state index is -0.584. The second-order valence-electron chi connectivity index (χ2n) is 7.45. The first-order valence-corrected chi connectivity index (χ1v) is 10.7. The molecule has 28 heavy (non-hydrogen) atoms. The molecule has 1 N–H and O–H groups in total. The van der Waals surface area contributed by atoms with Crippen LogP contribution in [0.15, 0.2) is 27.8 Å². The van der Waals surface area contributed by atoms with Crippen molar-refractivity contribution in [2.75, 3.05) is 0 Å². The zero-order valence-electron chi connectivity index (χ0n) is 16.6. The van der Waals surface area contributed by atoms with E-state index < -0.39 is 17.7 Å². The summed E-state index contributed by atoms with van der Waals surface area (Å²) in [5, 5.41) is 12.5. The number of halogens is 2. The van der Waals surface area contributed by atoms with E-state index in [2.05, 4.69) is 15.5 Å². The third-order valence-electron chi connectivity index (χ3n) is 3.92. The fourth-order valence-electron chi connectivity index (χ4n) is 2.30. The quantitative estimate of drug-likeness (QED) is 0.505. The molecule has 0 aliphatic rings. The van der Waals surface area contributed by atoms with Gasteiger partial charge in [0, 0.05) is 5.75 Å². The maximum Gasteiger partial charge on any atom is 0.408 e. The number of hydrogen-bond donors (Lipinski definition) is 1. The van der Waals surface area contributed by atoms with Crippen LogP contribution >= 0.6 is 35.0 Å². The van der Waals surface area contributed by atoms with E-state index in [4.69, 9.17) is 32.4 Å². The standard InChI is InChI=1S/C19H25Cl2N3O3S/c1-6-11(2)15(22-17(25)27-19(3,4)5)16-23-24-18(26-16)28-10-12-7-8-13(20)14(21)9-12/h7-9,11,15H,6,10H2,1-5H3,(H,22,25)/t11-,15-/m0/s1. The number of aromatic nitrogens is 2. The van der Waals surface area contributed by atoms with Gasteiger partial charge in [0.05, 0.1) is 10.0 Å². The molecule has 0 aliphatic carbocycles. The van der Waals surface area contributed by atoms with Crippen LogP contribution in [0.3, 0.4) is 0 Å². The third-order valence-corrected chi connectivity index (χ3v) is 5.55. The monoisotopic (exact) mass is 445 g/mol. The Bertz CT molecular complexity index is 808. The van der Waals surface area contributed by atoms with Crippen molar-refractivity contribution in [3.05, 3.63) is 39.7 Å². The lowest BCUT2D eigenvalue weighted by molar-refractivity contribution is 0.0474. The van der Waals surface area contributed by atoms with Crippen LogP contribution in [0.2, 0.25) is 10.0 Å². The second-order valence-corrected chi connectivity index (χ2v) is 9.19. The molecule has 0 aliphatic heterocycles. The maximum absolute atomic E-state index is 12.2. The van der Waals surface area contributed by atoms with Crippen molar-refractivity contribution in [2.45, 2.75) is 63.7 Å². The number of amides is 1. The molecule has 0 saturated heterocycles. The number of thioether (sulfide) groups is 1. The fourth-order valence-corrected chi connectivity index (χ4v) is 3.33. The predicted octanol–water partition coefficient (Wildman–Crippen LogP) is 6.28. The Labute approximate surface area is 179 Å². The molecule has 0 fully saturated rings. The summed E-state index contributed by atoms with van der Waals surface area (Å²) in [4.78, 5) is 12.2. The van der Waals surface area contributed by atoms with Crippen LogP contribution < -0.4 is 5.32 Å². The number of ether oxygens (including phenoxy) is 1. The highest BCUT2D eigenvalue weighted by Crippen LogP contribution is 2.30. The average Bonchev–Trinajstić information content (AvgIpc) is 3.07. The van der Waals surface area contributed by atoms with Gasteiger partial charge in [-0.05, 0) is 44.4 Å². The van der Waals surface area contributed by atoms with E-state index in [0.29, 0.717) is 26.9 Å². The molecule has 9 heteroatoms. The lowest BCUT2D eigenvalue weighted by Gasteiger charge is -2.24. The molecule has 1 amide bonds. The Balaban J connectivity index is 2.06. The largest absolute Gasteiger partial charge is 0.444 e. The number of carbonyl (C=O) groups excluding carboxylic acids is 1. The van der Waals surface area contributed by atoms with E-state index in [1.807, 2.05) is 40.7 Å². The van der Waals surface area contributed by atoms with Gasteiger partial charge in [0.1, 0.15) is 11.6 Å².